The third kappa shape index (κ3) is 1.78. The minimum Gasteiger partial charge on any atom is -0.377 e. The molecule has 0 unspecified atom stereocenters. The molecule has 1 rings (SSSR count). The lowest BCUT2D eigenvalue weighted by atomic mass is 10.1. The van der Waals surface area contributed by atoms with Crippen LogP contribution in [0.15, 0.2) is 0 Å². The summed E-state index contributed by atoms with van der Waals surface area (Å²) in [7, 11) is 0. The van der Waals surface area contributed by atoms with Gasteiger partial charge in [-0.1, -0.05) is 6.92 Å². The van der Waals surface area contributed by atoms with Crippen LogP contribution in [-0.4, -0.2) is 36.1 Å². The molecular formula is C9H17NO2. The Balaban J connectivity index is 2.62. The van der Waals surface area contributed by atoms with Gasteiger partial charge in [-0.3, -0.25) is 4.79 Å². The minimum absolute atomic E-state index is 0.235. The van der Waals surface area contributed by atoms with E-state index in [1.54, 1.807) is 0 Å². The van der Waals surface area contributed by atoms with Gasteiger partial charge < -0.3 is 9.64 Å². The molecule has 3 heteroatoms. The first-order chi connectivity index (χ1) is 5.66. The molecule has 0 N–H and O–H groups in total. The fraction of sp³-hybridized carbons (Fsp3) is 0.889. The molecule has 0 aromatic carbocycles. The van der Waals surface area contributed by atoms with Crippen LogP contribution in [0.4, 0.5) is 0 Å². The van der Waals surface area contributed by atoms with Crippen molar-refractivity contribution in [2.24, 2.45) is 0 Å². The monoisotopic (exact) mass is 171 g/mol. The second kappa shape index (κ2) is 3.90. The first-order valence-corrected chi connectivity index (χ1v) is 4.55. The number of nitrogens with zero attached hydrogens (tertiary/aromatic N) is 1. The normalized spacial score (nSPS) is 30.4. The fourth-order valence-electron chi connectivity index (χ4n) is 1.68. The maximum atomic E-state index is 11.5. The van der Waals surface area contributed by atoms with Crippen LogP contribution in [0.5, 0.6) is 0 Å². The molecule has 0 aliphatic carbocycles. The predicted molar refractivity (Wildman–Crippen MR) is 46.9 cm³/mol. The SMILES string of the molecule is CCC(=O)N1[C@H](C)COC[C@@H]1C. The standard InChI is InChI=1S/C9H17NO2/c1-4-9(11)10-7(2)5-12-6-8(10)3/h7-8H,4-6H2,1-3H3/t7-,8+. The van der Waals surface area contributed by atoms with Crippen molar-refractivity contribution in [3.05, 3.63) is 0 Å². The molecule has 1 saturated heterocycles. The topological polar surface area (TPSA) is 29.5 Å². The Hall–Kier alpha value is -0.570. The summed E-state index contributed by atoms with van der Waals surface area (Å²) in [5.74, 6) is 0.235. The highest BCUT2D eigenvalue weighted by molar-refractivity contribution is 5.76. The molecule has 1 fully saturated rings. The molecule has 12 heavy (non-hydrogen) atoms. The van der Waals surface area contributed by atoms with Crippen molar-refractivity contribution >= 4 is 5.91 Å². The van der Waals surface area contributed by atoms with E-state index in [4.69, 9.17) is 4.74 Å². The lowest BCUT2D eigenvalue weighted by Gasteiger charge is -2.38. The third-order valence-electron chi connectivity index (χ3n) is 2.26. The van der Waals surface area contributed by atoms with Crippen molar-refractivity contribution < 1.29 is 9.53 Å². The molecule has 1 aliphatic rings. The number of hydrogen-bond donors (Lipinski definition) is 0. The molecule has 0 bridgehead atoms. The van der Waals surface area contributed by atoms with Gasteiger partial charge in [-0.25, -0.2) is 0 Å². The van der Waals surface area contributed by atoms with Crippen molar-refractivity contribution in [1.29, 1.82) is 0 Å². The van der Waals surface area contributed by atoms with E-state index in [0.717, 1.165) is 0 Å². The van der Waals surface area contributed by atoms with E-state index in [1.807, 2.05) is 25.7 Å². The summed E-state index contributed by atoms with van der Waals surface area (Å²) in [6.45, 7) is 7.32. The lowest BCUT2D eigenvalue weighted by molar-refractivity contribution is -0.143. The van der Waals surface area contributed by atoms with Crippen LogP contribution < -0.4 is 0 Å². The Bertz CT molecular complexity index is 160. The van der Waals surface area contributed by atoms with Crippen molar-refractivity contribution in [2.75, 3.05) is 13.2 Å². The van der Waals surface area contributed by atoms with E-state index >= 15 is 0 Å². The summed E-state index contributed by atoms with van der Waals surface area (Å²) in [6, 6.07) is 0.474. The highest BCUT2D eigenvalue weighted by atomic mass is 16.5. The van der Waals surface area contributed by atoms with E-state index in [0.29, 0.717) is 19.6 Å². The molecular weight excluding hydrogens is 154 g/mol. The van der Waals surface area contributed by atoms with Gasteiger partial charge in [0.05, 0.1) is 25.3 Å². The van der Waals surface area contributed by atoms with Gasteiger partial charge in [-0.2, -0.15) is 0 Å². The Morgan fingerprint density at radius 3 is 2.33 bits per heavy atom. The summed E-state index contributed by atoms with van der Waals surface area (Å²) in [5, 5.41) is 0. The molecule has 0 aromatic rings. The molecule has 0 spiro atoms. The third-order valence-corrected chi connectivity index (χ3v) is 2.26. The maximum absolute atomic E-state index is 11.5. The summed E-state index contributed by atoms with van der Waals surface area (Å²) in [6.07, 6.45) is 0.592. The molecule has 0 aromatic heterocycles. The first-order valence-electron chi connectivity index (χ1n) is 4.55. The Morgan fingerprint density at radius 2 is 1.92 bits per heavy atom. The minimum atomic E-state index is 0.235. The molecule has 1 aliphatic heterocycles. The number of carbonyl (C=O) groups is 1. The van der Waals surface area contributed by atoms with Gasteiger partial charge in [0.1, 0.15) is 0 Å². The molecule has 0 radical (unpaired) electrons. The van der Waals surface area contributed by atoms with Crippen LogP contribution in [0, 0.1) is 0 Å². The van der Waals surface area contributed by atoms with Gasteiger partial charge in [0.2, 0.25) is 5.91 Å². The molecule has 1 heterocycles. The van der Waals surface area contributed by atoms with Crippen LogP contribution in [-0.2, 0) is 9.53 Å². The number of carbonyl (C=O) groups excluding carboxylic acids is 1. The number of morpholine rings is 1. The highest BCUT2D eigenvalue weighted by Crippen LogP contribution is 2.13. The maximum Gasteiger partial charge on any atom is 0.222 e. The zero-order chi connectivity index (χ0) is 9.14. The summed E-state index contributed by atoms with van der Waals surface area (Å²) < 4.78 is 5.33. The van der Waals surface area contributed by atoms with E-state index in [-0.39, 0.29) is 18.0 Å². The van der Waals surface area contributed by atoms with E-state index < -0.39 is 0 Å². The predicted octanol–water partition coefficient (Wildman–Crippen LogP) is 1.03. The first kappa shape index (κ1) is 9.52. The fourth-order valence-corrected chi connectivity index (χ4v) is 1.68. The lowest BCUT2D eigenvalue weighted by Crippen LogP contribution is -2.52. The largest absolute Gasteiger partial charge is 0.377 e. The molecule has 0 saturated carbocycles. The Morgan fingerprint density at radius 1 is 1.42 bits per heavy atom. The van der Waals surface area contributed by atoms with E-state index in [1.165, 1.54) is 0 Å². The Kier molecular flexibility index (Phi) is 3.09. The zero-order valence-electron chi connectivity index (χ0n) is 8.04. The second-order valence-corrected chi connectivity index (χ2v) is 3.39. The van der Waals surface area contributed by atoms with E-state index in [2.05, 4.69) is 0 Å². The molecule has 3 nitrogen and oxygen atoms in total. The van der Waals surface area contributed by atoms with Crippen molar-refractivity contribution in [2.45, 2.75) is 39.3 Å². The van der Waals surface area contributed by atoms with Gasteiger partial charge >= 0.3 is 0 Å². The highest BCUT2D eigenvalue weighted by Gasteiger charge is 2.28. The van der Waals surface area contributed by atoms with Crippen LogP contribution >= 0.6 is 0 Å². The van der Waals surface area contributed by atoms with Gasteiger partial charge in [0.25, 0.3) is 0 Å². The van der Waals surface area contributed by atoms with Crippen LogP contribution in [0.25, 0.3) is 0 Å². The zero-order valence-corrected chi connectivity index (χ0v) is 8.04. The van der Waals surface area contributed by atoms with Crippen LogP contribution in [0.1, 0.15) is 27.2 Å². The average molecular weight is 171 g/mol. The smallest absolute Gasteiger partial charge is 0.222 e. The molecule has 70 valence electrons. The second-order valence-electron chi connectivity index (χ2n) is 3.39. The number of hydrogen-bond acceptors (Lipinski definition) is 2. The van der Waals surface area contributed by atoms with Gasteiger partial charge in [0.15, 0.2) is 0 Å². The van der Waals surface area contributed by atoms with E-state index in [9.17, 15) is 4.79 Å². The number of ether oxygens (including phenoxy) is 1. The summed E-state index contributed by atoms with van der Waals surface area (Å²) in [4.78, 5) is 13.4. The quantitative estimate of drug-likeness (QED) is 0.589. The van der Waals surface area contributed by atoms with Crippen molar-refractivity contribution in [3.8, 4) is 0 Å². The van der Waals surface area contributed by atoms with Gasteiger partial charge in [-0.05, 0) is 13.8 Å². The number of amides is 1. The van der Waals surface area contributed by atoms with Crippen molar-refractivity contribution in [3.63, 3.8) is 0 Å². The molecule has 2 atom stereocenters. The van der Waals surface area contributed by atoms with Crippen LogP contribution in [0.2, 0.25) is 0 Å². The summed E-state index contributed by atoms with van der Waals surface area (Å²) in [5.41, 5.74) is 0. The Labute approximate surface area is 73.7 Å². The van der Waals surface area contributed by atoms with Crippen molar-refractivity contribution in [1.82, 2.24) is 4.90 Å². The van der Waals surface area contributed by atoms with Gasteiger partial charge in [-0.15, -0.1) is 0 Å². The molecule has 1 amide bonds. The number of rotatable bonds is 1. The average Bonchev–Trinajstić information content (AvgIpc) is 2.03. The van der Waals surface area contributed by atoms with Crippen LogP contribution in [0.3, 0.4) is 0 Å². The van der Waals surface area contributed by atoms with Gasteiger partial charge in [0, 0.05) is 6.42 Å². The summed E-state index contributed by atoms with van der Waals surface area (Å²) >= 11 is 0.